The molecule has 26 heavy (non-hydrogen) atoms. The maximum absolute atomic E-state index is 12.5. The zero-order valence-electron chi connectivity index (χ0n) is 15.7. The molecule has 1 N–H and O–H groups in total. The maximum atomic E-state index is 12.5. The number of halogens is 1. The van der Waals surface area contributed by atoms with Gasteiger partial charge in [-0.2, -0.15) is 0 Å². The van der Waals surface area contributed by atoms with Crippen LogP contribution < -0.4 is 14.8 Å². The molecule has 5 heteroatoms. The van der Waals surface area contributed by atoms with Crippen LogP contribution >= 0.6 is 11.6 Å². The number of carbonyl (C=O) groups is 1. The molecule has 2 aromatic rings. The van der Waals surface area contributed by atoms with E-state index in [1.165, 1.54) is 5.56 Å². The van der Waals surface area contributed by atoms with Gasteiger partial charge in [0, 0.05) is 5.02 Å². The summed E-state index contributed by atoms with van der Waals surface area (Å²) in [6.07, 6.45) is 0.0105. The van der Waals surface area contributed by atoms with E-state index >= 15 is 0 Å². The van der Waals surface area contributed by atoms with Gasteiger partial charge in [0.05, 0.1) is 6.04 Å². The van der Waals surface area contributed by atoms with Crippen LogP contribution in [0.25, 0.3) is 0 Å². The van der Waals surface area contributed by atoms with E-state index < -0.39 is 6.10 Å². The molecule has 0 fully saturated rings. The van der Waals surface area contributed by atoms with Gasteiger partial charge in [-0.05, 0) is 63.1 Å². The number of benzene rings is 2. The highest BCUT2D eigenvalue weighted by Gasteiger charge is 2.20. The predicted molar refractivity (Wildman–Crippen MR) is 105 cm³/mol. The lowest BCUT2D eigenvalue weighted by atomic mass is 10.2. The minimum Gasteiger partial charge on any atom is -0.491 e. The van der Waals surface area contributed by atoms with Gasteiger partial charge in [0.15, 0.2) is 6.10 Å². The van der Waals surface area contributed by atoms with Gasteiger partial charge >= 0.3 is 0 Å². The van der Waals surface area contributed by atoms with Gasteiger partial charge in [-0.3, -0.25) is 4.79 Å². The SMILES string of the molecule is CC[C@@H](Oc1ccc(Cl)c(C)c1)C(=O)N[C@H](C)COc1ccc(C)cc1. The average Bonchev–Trinajstić information content (AvgIpc) is 2.62. The molecular weight excluding hydrogens is 350 g/mol. The lowest BCUT2D eigenvalue weighted by Crippen LogP contribution is -2.44. The molecule has 4 nitrogen and oxygen atoms in total. The lowest BCUT2D eigenvalue weighted by Gasteiger charge is -2.21. The molecule has 0 heterocycles. The van der Waals surface area contributed by atoms with E-state index in [2.05, 4.69) is 5.32 Å². The quantitative estimate of drug-likeness (QED) is 0.727. The lowest BCUT2D eigenvalue weighted by molar-refractivity contribution is -0.128. The Morgan fingerprint density at radius 3 is 2.38 bits per heavy atom. The fourth-order valence-corrected chi connectivity index (χ4v) is 2.53. The second-order valence-electron chi connectivity index (χ2n) is 6.46. The minimum atomic E-state index is -0.558. The molecule has 0 aliphatic heterocycles. The highest BCUT2D eigenvalue weighted by atomic mass is 35.5. The number of rotatable bonds is 8. The molecule has 0 saturated heterocycles. The molecule has 0 unspecified atom stereocenters. The van der Waals surface area contributed by atoms with E-state index in [9.17, 15) is 4.79 Å². The Balaban J connectivity index is 1.86. The van der Waals surface area contributed by atoms with Crippen molar-refractivity contribution in [1.82, 2.24) is 5.32 Å². The molecule has 140 valence electrons. The van der Waals surface area contributed by atoms with Gasteiger partial charge in [0.1, 0.15) is 18.1 Å². The third-order valence-electron chi connectivity index (χ3n) is 3.98. The molecule has 0 spiro atoms. The molecule has 0 radical (unpaired) electrons. The highest BCUT2D eigenvalue weighted by Crippen LogP contribution is 2.22. The standard InChI is InChI=1S/C21H26ClNO3/c1-5-20(26-18-10-11-19(22)15(3)12-18)21(24)23-16(4)13-25-17-8-6-14(2)7-9-17/h6-12,16,20H,5,13H2,1-4H3,(H,23,24)/t16-,20-/m1/s1. The van der Waals surface area contributed by atoms with Crippen LogP contribution in [0.3, 0.4) is 0 Å². The number of nitrogens with one attached hydrogen (secondary N) is 1. The highest BCUT2D eigenvalue weighted by molar-refractivity contribution is 6.31. The van der Waals surface area contributed by atoms with Gasteiger partial charge < -0.3 is 14.8 Å². The van der Waals surface area contributed by atoms with E-state index in [0.29, 0.717) is 23.8 Å². The summed E-state index contributed by atoms with van der Waals surface area (Å²) in [5, 5.41) is 3.62. The van der Waals surface area contributed by atoms with Gasteiger partial charge in [-0.15, -0.1) is 0 Å². The molecule has 1 amide bonds. The number of hydrogen-bond acceptors (Lipinski definition) is 3. The summed E-state index contributed by atoms with van der Waals surface area (Å²) in [7, 11) is 0. The van der Waals surface area contributed by atoms with E-state index in [4.69, 9.17) is 21.1 Å². The smallest absolute Gasteiger partial charge is 0.261 e. The van der Waals surface area contributed by atoms with E-state index in [1.54, 1.807) is 12.1 Å². The summed E-state index contributed by atoms with van der Waals surface area (Å²) in [6, 6.07) is 13.1. The van der Waals surface area contributed by atoms with Gasteiger partial charge in [0.25, 0.3) is 5.91 Å². The van der Waals surface area contributed by atoms with Crippen molar-refractivity contribution in [2.24, 2.45) is 0 Å². The summed E-state index contributed by atoms with van der Waals surface area (Å²) >= 11 is 6.03. The Labute approximate surface area is 160 Å². The average molecular weight is 376 g/mol. The number of carbonyl (C=O) groups excluding carboxylic acids is 1. The maximum Gasteiger partial charge on any atom is 0.261 e. The van der Waals surface area contributed by atoms with Crippen LogP contribution in [0.4, 0.5) is 0 Å². The predicted octanol–water partition coefficient (Wildman–Crippen LogP) is 4.70. The summed E-state index contributed by atoms with van der Waals surface area (Å²) in [5.41, 5.74) is 2.10. The molecule has 0 aromatic heterocycles. The van der Waals surface area contributed by atoms with E-state index in [1.807, 2.05) is 58.0 Å². The number of amides is 1. The summed E-state index contributed by atoms with van der Waals surface area (Å²) in [6.45, 7) is 8.15. The molecule has 0 saturated carbocycles. The third kappa shape index (κ3) is 5.95. The number of hydrogen-bond donors (Lipinski definition) is 1. The van der Waals surface area contributed by atoms with Crippen LogP contribution in [-0.4, -0.2) is 24.7 Å². The van der Waals surface area contributed by atoms with Crippen LogP contribution in [0, 0.1) is 13.8 Å². The zero-order chi connectivity index (χ0) is 19.1. The van der Waals surface area contributed by atoms with Crippen LogP contribution in [0.1, 0.15) is 31.4 Å². The molecule has 0 aliphatic carbocycles. The Morgan fingerprint density at radius 2 is 1.77 bits per heavy atom. The van der Waals surface area contributed by atoms with Crippen molar-refractivity contribution >= 4 is 17.5 Å². The summed E-state index contributed by atoms with van der Waals surface area (Å²) in [4.78, 5) is 12.5. The van der Waals surface area contributed by atoms with Crippen LogP contribution in [0.15, 0.2) is 42.5 Å². The van der Waals surface area contributed by atoms with Crippen molar-refractivity contribution in [3.8, 4) is 11.5 Å². The third-order valence-corrected chi connectivity index (χ3v) is 4.40. The minimum absolute atomic E-state index is 0.131. The molecular formula is C21H26ClNO3. The fraction of sp³-hybridized carbons (Fsp3) is 0.381. The van der Waals surface area contributed by atoms with E-state index in [0.717, 1.165) is 11.3 Å². The first kappa shape index (κ1) is 20.1. The Kier molecular flexibility index (Phi) is 7.34. The fourth-order valence-electron chi connectivity index (χ4n) is 2.41. The molecule has 2 atom stereocenters. The summed E-state index contributed by atoms with van der Waals surface area (Å²) < 4.78 is 11.5. The van der Waals surface area contributed by atoms with Crippen molar-refractivity contribution < 1.29 is 14.3 Å². The molecule has 2 rings (SSSR count). The molecule has 2 aromatic carbocycles. The van der Waals surface area contributed by atoms with Gasteiger partial charge in [-0.1, -0.05) is 36.2 Å². The first-order valence-electron chi connectivity index (χ1n) is 8.81. The molecule has 0 bridgehead atoms. The number of ether oxygens (including phenoxy) is 2. The second kappa shape index (κ2) is 9.48. The topological polar surface area (TPSA) is 47.6 Å². The van der Waals surface area contributed by atoms with E-state index in [-0.39, 0.29) is 11.9 Å². The first-order chi connectivity index (χ1) is 12.4. The normalized spacial score (nSPS) is 13.0. The Bertz CT molecular complexity index is 731. The largest absolute Gasteiger partial charge is 0.491 e. The first-order valence-corrected chi connectivity index (χ1v) is 9.19. The number of aryl methyl sites for hydroxylation is 2. The van der Waals surface area contributed by atoms with Gasteiger partial charge in [0.2, 0.25) is 0 Å². The summed E-state index contributed by atoms with van der Waals surface area (Å²) in [5.74, 6) is 1.27. The van der Waals surface area contributed by atoms with Crippen LogP contribution in [0.5, 0.6) is 11.5 Å². The zero-order valence-corrected chi connectivity index (χ0v) is 16.5. The van der Waals surface area contributed by atoms with Crippen LogP contribution in [-0.2, 0) is 4.79 Å². The monoisotopic (exact) mass is 375 g/mol. The second-order valence-corrected chi connectivity index (χ2v) is 6.87. The van der Waals surface area contributed by atoms with Crippen molar-refractivity contribution in [2.75, 3.05) is 6.61 Å². The van der Waals surface area contributed by atoms with Gasteiger partial charge in [-0.25, -0.2) is 0 Å². The van der Waals surface area contributed by atoms with Crippen molar-refractivity contribution in [2.45, 2.75) is 46.3 Å². The Morgan fingerprint density at radius 1 is 1.12 bits per heavy atom. The van der Waals surface area contributed by atoms with Crippen molar-refractivity contribution in [3.63, 3.8) is 0 Å². The Hall–Kier alpha value is -2.20. The van der Waals surface area contributed by atoms with Crippen LogP contribution in [0.2, 0.25) is 5.02 Å². The van der Waals surface area contributed by atoms with Crippen molar-refractivity contribution in [3.05, 3.63) is 58.6 Å². The van der Waals surface area contributed by atoms with Crippen molar-refractivity contribution in [1.29, 1.82) is 0 Å². The molecule has 0 aliphatic rings.